The van der Waals surface area contributed by atoms with Gasteiger partial charge >= 0.3 is 0 Å². The average Bonchev–Trinajstić information content (AvgIpc) is 3.79. The number of anilines is 2. The standard InChI is InChI=1S/C44H42N6O8S/c51-44(48-59(54,55)35-14-16-39(41(24-35)50(52)53)46-26-34-27-56-20-21-57-34)38-15-11-30(23-42(38)58-33-22-31-17-18-45-43(31)47-25-33)28-9-12-32(13-10-28)49-19-3-6-40(49)37-5-2-1-4-36(37)29-7-8-29/h1-2,4-5,9-18,22-25,29,34,40,46H,3,6-8,19-21,26-27H2,(H,45,47)(H,48,51)/t34-,40-/m0/s1. The van der Waals surface area contributed by atoms with Gasteiger partial charge in [-0.15, -0.1) is 0 Å². The van der Waals surface area contributed by atoms with E-state index in [4.69, 9.17) is 14.2 Å². The van der Waals surface area contributed by atoms with E-state index in [1.54, 1.807) is 24.4 Å². The number of nitro benzene ring substituents is 1. The molecule has 2 atom stereocenters. The maximum Gasteiger partial charge on any atom is 0.293 e. The minimum absolute atomic E-state index is 0.0696. The van der Waals surface area contributed by atoms with Gasteiger partial charge in [0, 0.05) is 36.4 Å². The molecule has 9 rings (SSSR count). The predicted molar refractivity (Wildman–Crippen MR) is 223 cm³/mol. The van der Waals surface area contributed by atoms with E-state index < -0.39 is 31.4 Å². The van der Waals surface area contributed by atoms with Crippen LogP contribution in [0.25, 0.3) is 22.2 Å². The first-order valence-electron chi connectivity index (χ1n) is 19.7. The highest BCUT2D eigenvalue weighted by atomic mass is 32.2. The number of H-pyrrole nitrogens is 1. The molecule has 3 aliphatic rings. The van der Waals surface area contributed by atoms with Crippen LogP contribution < -0.4 is 19.7 Å². The summed E-state index contributed by atoms with van der Waals surface area (Å²) in [6, 6.07) is 29.4. The number of rotatable bonds is 13. The minimum Gasteiger partial charge on any atom is -0.455 e. The van der Waals surface area contributed by atoms with Crippen LogP contribution in [0.1, 0.15) is 59.1 Å². The first-order chi connectivity index (χ1) is 28.7. The van der Waals surface area contributed by atoms with Crippen LogP contribution in [0.4, 0.5) is 17.1 Å². The van der Waals surface area contributed by atoms with E-state index in [-0.39, 0.29) is 29.6 Å². The molecule has 0 bridgehead atoms. The second kappa shape index (κ2) is 16.2. The molecule has 4 heterocycles. The highest BCUT2D eigenvalue weighted by molar-refractivity contribution is 7.90. The Kier molecular flexibility index (Phi) is 10.5. The lowest BCUT2D eigenvalue weighted by Gasteiger charge is -2.29. The van der Waals surface area contributed by atoms with Crippen molar-refractivity contribution in [1.82, 2.24) is 14.7 Å². The van der Waals surface area contributed by atoms with E-state index in [0.29, 0.717) is 43.2 Å². The van der Waals surface area contributed by atoms with Gasteiger partial charge in [-0.2, -0.15) is 0 Å². The molecular weight excluding hydrogens is 773 g/mol. The number of nitrogens with zero attached hydrogens (tertiary/aromatic N) is 3. The number of benzene rings is 4. The molecule has 14 nitrogen and oxygen atoms in total. The lowest BCUT2D eigenvalue weighted by Crippen LogP contribution is -2.34. The Morgan fingerprint density at radius 2 is 1.76 bits per heavy atom. The molecular formula is C44H42N6O8S. The predicted octanol–water partition coefficient (Wildman–Crippen LogP) is 8.10. The number of ether oxygens (including phenoxy) is 3. The average molecular weight is 815 g/mol. The quantitative estimate of drug-likeness (QED) is 0.0758. The molecule has 2 saturated heterocycles. The largest absolute Gasteiger partial charge is 0.455 e. The van der Waals surface area contributed by atoms with Gasteiger partial charge in [0.25, 0.3) is 21.6 Å². The molecule has 0 spiro atoms. The lowest BCUT2D eigenvalue weighted by molar-refractivity contribution is -0.384. The number of hydrogen-bond donors (Lipinski definition) is 3. The monoisotopic (exact) mass is 814 g/mol. The highest BCUT2D eigenvalue weighted by Gasteiger charge is 2.33. The molecule has 4 aromatic carbocycles. The van der Waals surface area contributed by atoms with Crippen LogP contribution in [0, 0.1) is 10.1 Å². The fraction of sp³-hybridized carbons (Fsp3) is 0.273. The molecule has 0 unspecified atom stereocenters. The zero-order valence-electron chi connectivity index (χ0n) is 32.0. The van der Waals surface area contributed by atoms with Crippen molar-refractivity contribution in [2.45, 2.75) is 48.6 Å². The van der Waals surface area contributed by atoms with Crippen LogP contribution in [-0.4, -0.2) is 68.2 Å². The number of pyridine rings is 1. The summed E-state index contributed by atoms with van der Waals surface area (Å²) in [5.74, 6) is 0.101. The number of fused-ring (bicyclic) bond motifs is 1. The third-order valence-electron chi connectivity index (χ3n) is 11.1. The Morgan fingerprint density at radius 3 is 2.54 bits per heavy atom. The lowest BCUT2D eigenvalue weighted by atomic mass is 9.95. The molecule has 1 aliphatic carbocycles. The Bertz CT molecular complexity index is 2640. The minimum atomic E-state index is -4.58. The number of aromatic nitrogens is 2. The van der Waals surface area contributed by atoms with Gasteiger partial charge in [-0.3, -0.25) is 14.9 Å². The second-order valence-electron chi connectivity index (χ2n) is 15.0. The molecule has 59 heavy (non-hydrogen) atoms. The van der Waals surface area contributed by atoms with E-state index in [2.05, 4.69) is 61.3 Å². The van der Waals surface area contributed by atoms with E-state index >= 15 is 0 Å². The molecule has 1 amide bonds. The normalized spacial score (nSPS) is 18.1. The summed E-state index contributed by atoms with van der Waals surface area (Å²) in [7, 11) is -4.58. The summed E-state index contributed by atoms with van der Waals surface area (Å²) in [5.41, 5.74) is 5.83. The fourth-order valence-electron chi connectivity index (χ4n) is 7.99. The molecule has 15 heteroatoms. The van der Waals surface area contributed by atoms with Gasteiger partial charge in [-0.25, -0.2) is 18.1 Å². The van der Waals surface area contributed by atoms with Gasteiger partial charge < -0.3 is 29.4 Å². The van der Waals surface area contributed by atoms with Gasteiger partial charge in [0.15, 0.2) is 0 Å². The number of carbonyl (C=O) groups excluding carboxylic acids is 1. The number of nitrogens with one attached hydrogen (secondary N) is 3. The molecule has 1 saturated carbocycles. The molecule has 3 N–H and O–H groups in total. The molecule has 0 radical (unpaired) electrons. The van der Waals surface area contributed by atoms with Gasteiger partial charge in [-0.05, 0) is 102 Å². The van der Waals surface area contributed by atoms with Gasteiger partial charge in [-0.1, -0.05) is 42.5 Å². The first-order valence-corrected chi connectivity index (χ1v) is 21.2. The SMILES string of the molecule is O=C(NS(=O)(=O)c1ccc(NC[C@H]2COCCO2)c([N+](=O)[O-])c1)c1ccc(-c2ccc(N3CCC[C@H]3c3ccccc3C3CC3)cc2)cc1Oc1cnc2[nH]ccc2c1. The van der Waals surface area contributed by atoms with Crippen molar-refractivity contribution in [3.05, 3.63) is 136 Å². The highest BCUT2D eigenvalue weighted by Crippen LogP contribution is 2.46. The molecule has 3 fully saturated rings. The number of sulfonamides is 1. The maximum absolute atomic E-state index is 13.9. The van der Waals surface area contributed by atoms with E-state index in [1.165, 1.54) is 48.4 Å². The van der Waals surface area contributed by atoms with Crippen LogP contribution >= 0.6 is 0 Å². The summed E-state index contributed by atoms with van der Waals surface area (Å²) in [5, 5.41) is 15.8. The van der Waals surface area contributed by atoms with Crippen LogP contribution in [-0.2, 0) is 19.5 Å². The van der Waals surface area contributed by atoms with Crippen molar-refractivity contribution >= 4 is 44.0 Å². The Balaban J connectivity index is 0.980. The molecule has 2 aliphatic heterocycles. The summed E-state index contributed by atoms with van der Waals surface area (Å²) in [4.78, 5) is 34.7. The van der Waals surface area contributed by atoms with Crippen molar-refractivity contribution < 1.29 is 32.3 Å². The van der Waals surface area contributed by atoms with Crippen molar-refractivity contribution in [3.8, 4) is 22.6 Å². The van der Waals surface area contributed by atoms with E-state index in [0.717, 1.165) is 47.7 Å². The third-order valence-corrected chi connectivity index (χ3v) is 12.4. The van der Waals surface area contributed by atoms with Crippen molar-refractivity contribution in [2.24, 2.45) is 0 Å². The topological polar surface area (TPSA) is 178 Å². The van der Waals surface area contributed by atoms with Gasteiger partial charge in [0.2, 0.25) is 0 Å². The van der Waals surface area contributed by atoms with E-state index in [1.807, 2.05) is 18.2 Å². The van der Waals surface area contributed by atoms with Gasteiger partial charge in [0.1, 0.15) is 22.8 Å². The first kappa shape index (κ1) is 38.2. The van der Waals surface area contributed by atoms with Crippen LogP contribution in [0.3, 0.4) is 0 Å². The fourth-order valence-corrected chi connectivity index (χ4v) is 8.98. The van der Waals surface area contributed by atoms with Crippen molar-refractivity contribution in [2.75, 3.05) is 43.1 Å². The number of nitro groups is 1. The van der Waals surface area contributed by atoms with Crippen LogP contribution in [0.15, 0.2) is 114 Å². The zero-order valence-corrected chi connectivity index (χ0v) is 32.8. The van der Waals surface area contributed by atoms with E-state index in [9.17, 15) is 23.3 Å². The molecule has 6 aromatic rings. The molecule has 302 valence electrons. The van der Waals surface area contributed by atoms with Crippen molar-refractivity contribution in [3.63, 3.8) is 0 Å². The van der Waals surface area contributed by atoms with Crippen LogP contribution in [0.5, 0.6) is 11.5 Å². The number of amides is 1. The summed E-state index contributed by atoms with van der Waals surface area (Å²) < 4.78 is 46.6. The summed E-state index contributed by atoms with van der Waals surface area (Å²) in [6.45, 7) is 2.38. The smallest absolute Gasteiger partial charge is 0.293 e. The summed E-state index contributed by atoms with van der Waals surface area (Å²) >= 11 is 0. The second-order valence-corrected chi connectivity index (χ2v) is 16.7. The van der Waals surface area contributed by atoms with Crippen LogP contribution in [0.2, 0.25) is 0 Å². The summed E-state index contributed by atoms with van der Waals surface area (Å²) in [6.07, 6.45) is 7.65. The number of hydrogen-bond acceptors (Lipinski definition) is 11. The van der Waals surface area contributed by atoms with Crippen molar-refractivity contribution in [1.29, 1.82) is 0 Å². The third kappa shape index (κ3) is 8.22. The number of aromatic amines is 1. The number of carbonyl (C=O) groups is 1. The Labute approximate surface area is 340 Å². The zero-order chi connectivity index (χ0) is 40.5. The maximum atomic E-state index is 13.9. The molecule has 2 aromatic heterocycles. The Morgan fingerprint density at radius 1 is 0.949 bits per heavy atom. The Hall–Kier alpha value is -6.29. The van der Waals surface area contributed by atoms with Gasteiger partial charge in [0.05, 0.1) is 53.5 Å².